The van der Waals surface area contributed by atoms with Gasteiger partial charge in [-0.15, -0.1) is 0 Å². The number of ether oxygens (including phenoxy) is 3. The van der Waals surface area contributed by atoms with E-state index in [0.717, 1.165) is 47.1 Å². The highest BCUT2D eigenvalue weighted by Gasteiger charge is 2.51. The number of esters is 1. The number of amides is 1. The van der Waals surface area contributed by atoms with E-state index in [1.807, 2.05) is 103 Å². The maximum Gasteiger partial charge on any atom is 0.435 e. The molecule has 0 spiro atoms. The predicted octanol–water partition coefficient (Wildman–Crippen LogP) is 8.31. The van der Waals surface area contributed by atoms with E-state index >= 15 is 0 Å². The first-order valence-electron chi connectivity index (χ1n) is 18.6. The Bertz CT molecular complexity index is 2020. The molecule has 11 heteroatoms. The van der Waals surface area contributed by atoms with Crippen molar-refractivity contribution in [2.45, 2.75) is 76.5 Å². The topological polar surface area (TPSA) is 112 Å². The Kier molecular flexibility index (Phi) is 12.8. The van der Waals surface area contributed by atoms with Crippen LogP contribution in [0.4, 0.5) is 9.18 Å². The fourth-order valence-corrected chi connectivity index (χ4v) is 8.86. The molecule has 0 saturated heterocycles. The lowest BCUT2D eigenvalue weighted by atomic mass is 9.57. The molecule has 1 heterocycles. The van der Waals surface area contributed by atoms with E-state index in [4.69, 9.17) is 14.2 Å². The van der Waals surface area contributed by atoms with E-state index in [2.05, 4.69) is 4.99 Å². The average Bonchev–Trinajstić information content (AvgIpc) is 3.16. The third-order valence-electron chi connectivity index (χ3n) is 10.2. The van der Waals surface area contributed by atoms with Crippen LogP contribution in [-0.2, 0) is 49.2 Å². The molecule has 1 aliphatic heterocycles. The van der Waals surface area contributed by atoms with Gasteiger partial charge in [-0.25, -0.2) is 17.6 Å². The van der Waals surface area contributed by atoms with Gasteiger partial charge in [-0.1, -0.05) is 92.2 Å². The van der Waals surface area contributed by atoms with Crippen LogP contribution in [0.2, 0.25) is 0 Å². The summed E-state index contributed by atoms with van der Waals surface area (Å²) in [6.45, 7) is 2.61. The number of sulfone groups is 1. The summed E-state index contributed by atoms with van der Waals surface area (Å²) in [5, 5.41) is 0. The van der Waals surface area contributed by atoms with Crippen LogP contribution in [0.1, 0.15) is 79.3 Å². The quantitative estimate of drug-likeness (QED) is 0.0516. The third-order valence-corrected chi connectivity index (χ3v) is 12.2. The molecule has 6 rings (SSSR count). The summed E-state index contributed by atoms with van der Waals surface area (Å²) in [6, 6.07) is 30.7. The number of halogens is 1. The molecule has 9 nitrogen and oxygen atoms in total. The van der Waals surface area contributed by atoms with E-state index < -0.39 is 33.4 Å². The van der Waals surface area contributed by atoms with Crippen LogP contribution >= 0.6 is 0 Å². The molecule has 54 heavy (non-hydrogen) atoms. The molecule has 1 unspecified atom stereocenters. The number of hydrogen-bond acceptors (Lipinski definition) is 7. The van der Waals surface area contributed by atoms with Gasteiger partial charge in [0.15, 0.2) is 0 Å². The van der Waals surface area contributed by atoms with Crippen molar-refractivity contribution >= 4 is 27.7 Å². The lowest BCUT2D eigenvalue weighted by Gasteiger charge is -2.55. The first-order valence-corrected chi connectivity index (χ1v) is 20.4. The highest BCUT2D eigenvalue weighted by Crippen LogP contribution is 2.56. The van der Waals surface area contributed by atoms with Gasteiger partial charge in [0.25, 0.3) is 0 Å². The van der Waals surface area contributed by atoms with E-state index in [1.165, 1.54) is 12.1 Å². The third kappa shape index (κ3) is 9.74. The van der Waals surface area contributed by atoms with Crippen LogP contribution in [-0.4, -0.2) is 55.9 Å². The zero-order valence-corrected chi connectivity index (χ0v) is 31.4. The highest BCUT2D eigenvalue weighted by atomic mass is 32.2. The van der Waals surface area contributed by atoms with Crippen molar-refractivity contribution in [2.75, 3.05) is 24.7 Å². The SMILES string of the molecule is CCCS(=O)(=O)CCCOc1ccc2c(c1)C(C1(c3ccc(F)cc3)CCC1)N(C(CC(=O)OCc1ccccc1)=NC(=O)OCc1ccccc1)CC2. The number of carbonyl (C=O) groups is 2. The molecule has 0 aromatic heterocycles. The summed E-state index contributed by atoms with van der Waals surface area (Å²) in [4.78, 5) is 33.5. The van der Waals surface area contributed by atoms with Crippen LogP contribution in [0.5, 0.6) is 5.75 Å². The van der Waals surface area contributed by atoms with Crippen LogP contribution in [0.15, 0.2) is 108 Å². The zero-order chi connectivity index (χ0) is 38.0. The first kappa shape index (κ1) is 38.7. The maximum absolute atomic E-state index is 14.3. The Morgan fingerprint density at radius 2 is 1.54 bits per heavy atom. The molecular formula is C43H47FN2O7S. The Hall–Kier alpha value is -5.03. The number of rotatable bonds is 15. The molecule has 0 bridgehead atoms. The number of amidine groups is 1. The minimum absolute atomic E-state index is 0.0150. The zero-order valence-electron chi connectivity index (χ0n) is 30.6. The standard InChI is InChI=1S/C43H47FN2O7S/c1-2-26-54(49,50)27-10-25-51-37-20-15-34-21-24-46(41(38(34)28-37)43(22-9-23-43)35-16-18-36(44)19-17-35)39(29-40(47)52-30-32-11-5-3-6-12-32)45-42(48)53-31-33-13-7-4-8-14-33/h3-8,11-20,28,41H,2,9-10,21-27,29-31H2,1H3. The van der Waals surface area contributed by atoms with E-state index in [9.17, 15) is 22.4 Å². The van der Waals surface area contributed by atoms with Gasteiger partial charge in [0.1, 0.15) is 46.9 Å². The van der Waals surface area contributed by atoms with Gasteiger partial charge in [-0.05, 0) is 84.2 Å². The number of benzene rings is 4. The molecule has 1 aliphatic carbocycles. The smallest absolute Gasteiger partial charge is 0.435 e. The molecule has 1 amide bonds. The maximum atomic E-state index is 14.3. The fraction of sp³-hybridized carbons (Fsp3) is 0.372. The van der Waals surface area contributed by atoms with E-state index in [1.54, 1.807) is 0 Å². The molecule has 0 N–H and O–H groups in total. The monoisotopic (exact) mass is 754 g/mol. The normalized spacial score (nSPS) is 16.5. The summed E-state index contributed by atoms with van der Waals surface area (Å²) < 4.78 is 56.3. The van der Waals surface area contributed by atoms with Crippen LogP contribution in [0.25, 0.3) is 0 Å². The van der Waals surface area contributed by atoms with Gasteiger partial charge < -0.3 is 19.1 Å². The van der Waals surface area contributed by atoms with Crippen molar-refractivity contribution in [3.05, 3.63) is 137 Å². The van der Waals surface area contributed by atoms with Gasteiger partial charge in [0.2, 0.25) is 0 Å². The summed E-state index contributed by atoms with van der Waals surface area (Å²) in [7, 11) is -3.14. The number of aliphatic imine (C=N–C) groups is 1. The molecule has 284 valence electrons. The summed E-state index contributed by atoms with van der Waals surface area (Å²) >= 11 is 0. The molecule has 1 atom stereocenters. The van der Waals surface area contributed by atoms with Crippen LogP contribution < -0.4 is 4.74 Å². The summed E-state index contributed by atoms with van der Waals surface area (Å²) in [6.07, 6.45) is 2.93. The predicted molar refractivity (Wildman–Crippen MR) is 205 cm³/mol. The number of carbonyl (C=O) groups excluding carboxylic acids is 2. The minimum Gasteiger partial charge on any atom is -0.494 e. The number of fused-ring (bicyclic) bond motifs is 1. The largest absolute Gasteiger partial charge is 0.494 e. The van der Waals surface area contributed by atoms with Crippen molar-refractivity contribution < 1.29 is 36.6 Å². The minimum atomic E-state index is -3.14. The molecule has 4 aromatic carbocycles. The molecule has 4 aromatic rings. The lowest BCUT2D eigenvalue weighted by molar-refractivity contribution is -0.143. The summed E-state index contributed by atoms with van der Waals surface area (Å²) in [5.74, 6) is 0.134. The van der Waals surface area contributed by atoms with Crippen molar-refractivity contribution in [1.29, 1.82) is 0 Å². The van der Waals surface area contributed by atoms with Crippen molar-refractivity contribution in [3.63, 3.8) is 0 Å². The second-order valence-electron chi connectivity index (χ2n) is 14.0. The van der Waals surface area contributed by atoms with Crippen LogP contribution in [0, 0.1) is 5.82 Å². The number of hydrogen-bond donors (Lipinski definition) is 0. The molecular weight excluding hydrogens is 708 g/mol. The van der Waals surface area contributed by atoms with Gasteiger partial charge >= 0.3 is 12.1 Å². The molecule has 1 saturated carbocycles. The van der Waals surface area contributed by atoms with E-state index in [-0.39, 0.29) is 49.4 Å². The average molecular weight is 755 g/mol. The lowest BCUT2D eigenvalue weighted by Crippen LogP contribution is -2.53. The van der Waals surface area contributed by atoms with Crippen molar-refractivity contribution in [3.8, 4) is 5.75 Å². The number of nitrogens with zero attached hydrogens (tertiary/aromatic N) is 2. The Morgan fingerprint density at radius 3 is 2.17 bits per heavy atom. The fourth-order valence-electron chi connectivity index (χ4n) is 7.48. The van der Waals surface area contributed by atoms with Crippen molar-refractivity contribution in [2.24, 2.45) is 4.99 Å². The molecule has 2 aliphatic rings. The molecule has 0 radical (unpaired) electrons. The van der Waals surface area contributed by atoms with E-state index in [0.29, 0.717) is 31.6 Å². The van der Waals surface area contributed by atoms with Crippen molar-refractivity contribution in [1.82, 2.24) is 4.90 Å². The van der Waals surface area contributed by atoms with Gasteiger partial charge in [0.05, 0.1) is 18.4 Å². The highest BCUT2D eigenvalue weighted by molar-refractivity contribution is 7.91. The van der Waals surface area contributed by atoms with Gasteiger partial charge in [-0.2, -0.15) is 4.99 Å². The van der Waals surface area contributed by atoms with Gasteiger partial charge in [-0.3, -0.25) is 4.79 Å². The second-order valence-corrected chi connectivity index (χ2v) is 16.3. The summed E-state index contributed by atoms with van der Waals surface area (Å²) in [5.41, 5.74) is 4.11. The Morgan fingerprint density at radius 1 is 0.870 bits per heavy atom. The Labute approximate surface area is 317 Å². The van der Waals surface area contributed by atoms with Crippen LogP contribution in [0.3, 0.4) is 0 Å². The van der Waals surface area contributed by atoms with Gasteiger partial charge in [0, 0.05) is 17.7 Å². The first-order chi connectivity index (χ1) is 26.2. The Balaban J connectivity index is 1.35. The second kappa shape index (κ2) is 17.9. The molecule has 1 fully saturated rings.